The minimum Gasteiger partial charge on any atom is -0.350 e. The zero-order chi connectivity index (χ0) is 27.7. The third-order valence-corrected chi connectivity index (χ3v) is 7.98. The van der Waals surface area contributed by atoms with Gasteiger partial charge >= 0.3 is 0 Å². The van der Waals surface area contributed by atoms with E-state index in [1.54, 1.807) is 12.1 Å². The Kier molecular flexibility index (Phi) is 7.50. The minimum absolute atomic E-state index is 0.0782. The number of benzene rings is 2. The van der Waals surface area contributed by atoms with Crippen molar-refractivity contribution in [3.05, 3.63) is 82.8 Å². The summed E-state index contributed by atoms with van der Waals surface area (Å²) in [6.07, 6.45) is 0.958. The number of anilines is 1. The van der Waals surface area contributed by atoms with Crippen molar-refractivity contribution >= 4 is 26.8 Å². The minimum atomic E-state index is -3.94. The molecule has 204 valence electrons. The highest BCUT2D eigenvalue weighted by atomic mass is 32.2. The third-order valence-electron chi connectivity index (χ3n) is 6.48. The first kappa shape index (κ1) is 26.9. The van der Waals surface area contributed by atoms with Gasteiger partial charge in [0.2, 0.25) is 5.95 Å². The smallest absolute Gasteiger partial charge is 0.223 e. The molecule has 5 rings (SSSR count). The van der Waals surface area contributed by atoms with Gasteiger partial charge in [-0.3, -0.25) is 0 Å². The van der Waals surface area contributed by atoms with Crippen LogP contribution >= 0.6 is 0 Å². The number of hydrogen-bond acceptors (Lipinski definition) is 7. The first-order chi connectivity index (χ1) is 18.6. The van der Waals surface area contributed by atoms with Gasteiger partial charge in [-0.25, -0.2) is 40.9 Å². The molecule has 0 amide bonds. The quantitative estimate of drug-likeness (QED) is 0.319. The van der Waals surface area contributed by atoms with Gasteiger partial charge in [0.05, 0.1) is 28.9 Å². The van der Waals surface area contributed by atoms with E-state index in [9.17, 15) is 26.0 Å². The van der Waals surface area contributed by atoms with Crippen LogP contribution in [0, 0.1) is 24.4 Å². The van der Waals surface area contributed by atoms with Crippen LogP contribution in [0.5, 0.6) is 0 Å². The largest absolute Gasteiger partial charge is 0.350 e. The van der Waals surface area contributed by atoms with E-state index in [1.807, 2.05) is 6.92 Å². The Morgan fingerprint density at radius 2 is 1.69 bits per heavy atom. The number of nitrogens with one attached hydrogen (secondary N) is 2. The van der Waals surface area contributed by atoms with Crippen molar-refractivity contribution in [3.63, 3.8) is 0 Å². The van der Waals surface area contributed by atoms with Gasteiger partial charge in [-0.1, -0.05) is 18.2 Å². The van der Waals surface area contributed by atoms with Crippen LogP contribution < -0.4 is 10.6 Å². The highest BCUT2D eigenvalue weighted by Crippen LogP contribution is 2.27. The van der Waals surface area contributed by atoms with Crippen LogP contribution in [0.1, 0.15) is 23.1 Å². The number of pyridine rings is 1. The lowest BCUT2D eigenvalue weighted by Gasteiger charge is -2.26. The predicted octanol–water partition coefficient (Wildman–Crippen LogP) is 4.64. The fraction of sp³-hybridized carbons (Fsp3) is 0.296. The topological polar surface area (TPSA) is 96.9 Å². The monoisotopic (exact) mass is 559 g/mol. The number of fused-ring (bicyclic) bond motifs is 1. The zero-order valence-corrected chi connectivity index (χ0v) is 21.7. The van der Waals surface area contributed by atoms with Gasteiger partial charge in [-0.15, -0.1) is 0 Å². The van der Waals surface area contributed by atoms with Crippen molar-refractivity contribution in [1.82, 2.24) is 20.3 Å². The van der Waals surface area contributed by atoms with Gasteiger partial charge in [-0.05, 0) is 30.7 Å². The summed E-state index contributed by atoms with van der Waals surface area (Å²) in [5.74, 6) is -3.52. The number of piperidine rings is 1. The standard InChI is InChI=1S/C27H25F4N5O2S/c1-15-6-24(35-25-12-33-27(36-26(15)25)34-21-8-20(29)10-32-11-21)16-2-3-17(22(30)7-16)13-39(37,38)14-18-4-5-19(28)9-23(18)31/h2-7,9,12,20-21,32H,8,10-11,13-14H2,1H3,(H,33,34,36)/t20-,21-/m0/s1. The molecule has 0 aliphatic carbocycles. The molecule has 2 aromatic heterocycles. The lowest BCUT2D eigenvalue weighted by molar-refractivity contribution is 0.254. The van der Waals surface area contributed by atoms with Crippen LogP contribution in [0.25, 0.3) is 22.3 Å². The number of nitrogens with zero attached hydrogens (tertiary/aromatic N) is 3. The Labute approximate surface area is 222 Å². The Bertz CT molecular complexity index is 1650. The SMILES string of the molecule is Cc1cc(-c2ccc(CS(=O)(=O)Cc3ccc(F)cc3F)c(F)c2)nc2cnc(N[C@@H]3CNC[C@@H](F)C3)nc12. The molecule has 2 atom stereocenters. The first-order valence-electron chi connectivity index (χ1n) is 12.3. The third kappa shape index (κ3) is 6.34. The van der Waals surface area contributed by atoms with E-state index >= 15 is 0 Å². The Morgan fingerprint density at radius 1 is 0.974 bits per heavy atom. The Morgan fingerprint density at radius 3 is 2.38 bits per heavy atom. The second-order valence-corrected chi connectivity index (χ2v) is 11.7. The van der Waals surface area contributed by atoms with Gasteiger partial charge in [-0.2, -0.15) is 0 Å². The molecule has 3 heterocycles. The maximum atomic E-state index is 15.0. The Hall–Kier alpha value is -3.64. The summed E-state index contributed by atoms with van der Waals surface area (Å²) in [7, 11) is -3.94. The molecule has 1 saturated heterocycles. The molecule has 0 radical (unpaired) electrons. The lowest BCUT2D eigenvalue weighted by Crippen LogP contribution is -2.44. The molecule has 1 aliphatic heterocycles. The van der Waals surface area contributed by atoms with E-state index in [0.717, 1.165) is 17.7 Å². The van der Waals surface area contributed by atoms with Gasteiger partial charge in [0.25, 0.3) is 0 Å². The van der Waals surface area contributed by atoms with Crippen LogP contribution in [-0.2, 0) is 21.3 Å². The maximum absolute atomic E-state index is 15.0. The average molecular weight is 560 g/mol. The fourth-order valence-electron chi connectivity index (χ4n) is 4.57. The van der Waals surface area contributed by atoms with Crippen molar-refractivity contribution in [2.75, 3.05) is 18.4 Å². The van der Waals surface area contributed by atoms with Crippen LogP contribution in [-0.4, -0.2) is 48.7 Å². The molecule has 0 spiro atoms. The van der Waals surface area contributed by atoms with E-state index < -0.39 is 45.0 Å². The second kappa shape index (κ2) is 10.9. The molecule has 2 aromatic carbocycles. The van der Waals surface area contributed by atoms with E-state index in [1.165, 1.54) is 18.3 Å². The summed E-state index contributed by atoms with van der Waals surface area (Å²) in [5, 5.41) is 6.16. The van der Waals surface area contributed by atoms with Crippen LogP contribution in [0.2, 0.25) is 0 Å². The van der Waals surface area contributed by atoms with E-state index in [0.29, 0.717) is 53.8 Å². The van der Waals surface area contributed by atoms with Gasteiger partial charge in [0.15, 0.2) is 9.84 Å². The Balaban J connectivity index is 1.34. The number of hydrogen-bond donors (Lipinski definition) is 2. The van der Waals surface area contributed by atoms with Crippen LogP contribution in [0.3, 0.4) is 0 Å². The molecular formula is C27H25F4N5O2S. The van der Waals surface area contributed by atoms with Gasteiger partial charge in [0, 0.05) is 48.3 Å². The molecule has 4 aromatic rings. The number of sulfone groups is 1. The highest BCUT2D eigenvalue weighted by molar-refractivity contribution is 7.89. The summed E-state index contributed by atoms with van der Waals surface area (Å²) in [5.41, 5.74) is 2.44. The number of alkyl halides is 1. The van der Waals surface area contributed by atoms with Gasteiger partial charge < -0.3 is 10.6 Å². The predicted molar refractivity (Wildman–Crippen MR) is 140 cm³/mol. The van der Waals surface area contributed by atoms with Crippen molar-refractivity contribution in [3.8, 4) is 11.3 Å². The number of rotatable bonds is 7. The normalized spacial score (nSPS) is 17.9. The number of halogens is 4. The van der Waals surface area contributed by atoms with Crippen molar-refractivity contribution in [1.29, 1.82) is 0 Å². The number of aromatic nitrogens is 3. The van der Waals surface area contributed by atoms with Crippen molar-refractivity contribution in [2.45, 2.75) is 37.1 Å². The molecule has 0 saturated carbocycles. The van der Waals surface area contributed by atoms with Crippen LogP contribution in [0.15, 0.2) is 48.7 Å². The fourth-order valence-corrected chi connectivity index (χ4v) is 6.09. The summed E-state index contributed by atoms with van der Waals surface area (Å²) in [4.78, 5) is 13.4. The molecule has 2 N–H and O–H groups in total. The average Bonchev–Trinajstić information content (AvgIpc) is 2.87. The van der Waals surface area contributed by atoms with E-state index in [4.69, 9.17) is 0 Å². The van der Waals surface area contributed by atoms with Gasteiger partial charge in [0.1, 0.15) is 29.1 Å². The lowest BCUT2D eigenvalue weighted by atomic mass is 10.1. The van der Waals surface area contributed by atoms with E-state index in [-0.39, 0.29) is 17.2 Å². The van der Waals surface area contributed by atoms with Crippen molar-refractivity contribution < 1.29 is 26.0 Å². The molecule has 7 nitrogen and oxygen atoms in total. The number of aryl methyl sites for hydroxylation is 1. The second-order valence-electron chi connectivity index (χ2n) is 9.66. The maximum Gasteiger partial charge on any atom is 0.223 e. The molecule has 39 heavy (non-hydrogen) atoms. The summed E-state index contributed by atoms with van der Waals surface area (Å²) >= 11 is 0. The molecule has 1 fully saturated rings. The molecule has 0 unspecified atom stereocenters. The summed E-state index contributed by atoms with van der Waals surface area (Å²) in [6.45, 7) is 2.76. The van der Waals surface area contributed by atoms with Crippen LogP contribution in [0.4, 0.5) is 23.5 Å². The summed E-state index contributed by atoms with van der Waals surface area (Å²) < 4.78 is 80.9. The molecule has 1 aliphatic rings. The molecule has 0 bridgehead atoms. The zero-order valence-electron chi connectivity index (χ0n) is 20.9. The van der Waals surface area contributed by atoms with E-state index in [2.05, 4.69) is 25.6 Å². The van der Waals surface area contributed by atoms with Crippen molar-refractivity contribution in [2.24, 2.45) is 0 Å². The highest BCUT2D eigenvalue weighted by Gasteiger charge is 2.22. The summed E-state index contributed by atoms with van der Waals surface area (Å²) in [6, 6.07) is 8.34. The molecule has 12 heteroatoms. The molecular weight excluding hydrogens is 534 g/mol. The first-order valence-corrected chi connectivity index (χ1v) is 14.1.